The van der Waals surface area contributed by atoms with Crippen LogP contribution in [0.1, 0.15) is 23.2 Å². The quantitative estimate of drug-likeness (QED) is 0.551. The van der Waals surface area contributed by atoms with Crippen molar-refractivity contribution < 1.29 is 14.5 Å². The largest absolute Gasteiger partial charge is 0.371 e. The van der Waals surface area contributed by atoms with Crippen molar-refractivity contribution in [1.29, 1.82) is 0 Å². The van der Waals surface area contributed by atoms with Gasteiger partial charge in [-0.25, -0.2) is 0 Å². The Labute approximate surface area is 186 Å². The maximum absolute atomic E-state index is 13.3. The van der Waals surface area contributed by atoms with Crippen LogP contribution in [0.25, 0.3) is 0 Å². The monoisotopic (exact) mass is 437 g/mol. The van der Waals surface area contributed by atoms with Gasteiger partial charge in [-0.05, 0) is 31.0 Å². The summed E-state index contributed by atoms with van der Waals surface area (Å²) in [5.74, 6) is -0.282. The summed E-state index contributed by atoms with van der Waals surface area (Å²) in [5, 5.41) is 14.2. The lowest BCUT2D eigenvalue weighted by molar-refractivity contribution is -0.384. The van der Waals surface area contributed by atoms with Crippen LogP contribution in [0.5, 0.6) is 0 Å². The summed E-state index contributed by atoms with van der Waals surface area (Å²) >= 11 is 0. The molecule has 2 aliphatic rings. The summed E-state index contributed by atoms with van der Waals surface area (Å²) in [6.45, 7) is 4.04. The molecule has 0 atom stereocenters. The molecule has 0 saturated carbocycles. The predicted octanol–water partition coefficient (Wildman–Crippen LogP) is 2.59. The third-order valence-electron chi connectivity index (χ3n) is 5.95. The number of piperazine rings is 1. The molecule has 0 aromatic heterocycles. The fourth-order valence-corrected chi connectivity index (χ4v) is 4.25. The fourth-order valence-electron chi connectivity index (χ4n) is 4.25. The molecule has 2 fully saturated rings. The van der Waals surface area contributed by atoms with Crippen molar-refractivity contribution in [1.82, 2.24) is 9.80 Å². The number of nitrogens with zero attached hydrogens (tertiary/aromatic N) is 4. The van der Waals surface area contributed by atoms with Crippen LogP contribution in [-0.2, 0) is 4.79 Å². The van der Waals surface area contributed by atoms with E-state index in [1.54, 1.807) is 11.0 Å². The van der Waals surface area contributed by atoms with Crippen LogP contribution in [0.15, 0.2) is 48.5 Å². The Hall–Kier alpha value is -3.46. The fraction of sp³-hybridized carbons (Fsp3) is 0.391. The van der Waals surface area contributed by atoms with Gasteiger partial charge in [0.1, 0.15) is 0 Å². The number of rotatable bonds is 6. The number of amides is 2. The molecule has 9 heteroatoms. The SMILES string of the molecule is O=C(CN1CCN(C(=O)c2cc([N+](=O)[O-])ccc2N2CCCC2)CC1)Nc1ccccc1. The molecule has 2 aromatic rings. The van der Waals surface area contributed by atoms with Crippen LogP contribution in [0.2, 0.25) is 0 Å². The zero-order chi connectivity index (χ0) is 22.5. The molecule has 2 amide bonds. The number of carbonyl (C=O) groups is 2. The first-order valence-electron chi connectivity index (χ1n) is 10.9. The molecule has 0 bridgehead atoms. The van der Waals surface area contributed by atoms with E-state index in [1.165, 1.54) is 12.1 Å². The smallest absolute Gasteiger partial charge is 0.270 e. The van der Waals surface area contributed by atoms with Crippen LogP contribution >= 0.6 is 0 Å². The van der Waals surface area contributed by atoms with Crippen molar-refractivity contribution in [2.24, 2.45) is 0 Å². The molecule has 9 nitrogen and oxygen atoms in total. The van der Waals surface area contributed by atoms with Gasteiger partial charge in [0.05, 0.1) is 22.7 Å². The standard InChI is InChI=1S/C23H27N5O4/c29-22(24-18-6-2-1-3-7-18)17-25-12-14-27(15-13-25)23(30)20-16-19(28(31)32)8-9-21(20)26-10-4-5-11-26/h1-3,6-9,16H,4-5,10-15,17H2,(H,24,29). The van der Waals surface area contributed by atoms with Crippen molar-refractivity contribution in [3.63, 3.8) is 0 Å². The van der Waals surface area contributed by atoms with E-state index in [2.05, 4.69) is 10.2 Å². The van der Waals surface area contributed by atoms with Gasteiger partial charge in [0, 0.05) is 57.1 Å². The number of para-hydroxylation sites is 1. The van der Waals surface area contributed by atoms with Gasteiger partial charge in [0.2, 0.25) is 5.91 Å². The van der Waals surface area contributed by atoms with Crippen LogP contribution in [0, 0.1) is 10.1 Å². The van der Waals surface area contributed by atoms with Gasteiger partial charge in [-0.2, -0.15) is 0 Å². The van der Waals surface area contributed by atoms with Gasteiger partial charge in [0.15, 0.2) is 0 Å². The van der Waals surface area contributed by atoms with Crippen molar-refractivity contribution in [2.75, 3.05) is 56.0 Å². The van der Waals surface area contributed by atoms with E-state index in [1.807, 2.05) is 35.2 Å². The van der Waals surface area contributed by atoms with Gasteiger partial charge < -0.3 is 15.1 Å². The van der Waals surface area contributed by atoms with Crippen molar-refractivity contribution in [2.45, 2.75) is 12.8 Å². The van der Waals surface area contributed by atoms with Crippen molar-refractivity contribution in [3.8, 4) is 0 Å². The lowest BCUT2D eigenvalue weighted by Crippen LogP contribution is -2.50. The molecule has 2 saturated heterocycles. The molecule has 1 N–H and O–H groups in total. The second-order valence-electron chi connectivity index (χ2n) is 8.14. The summed E-state index contributed by atoms with van der Waals surface area (Å²) < 4.78 is 0. The van der Waals surface area contributed by atoms with Gasteiger partial charge >= 0.3 is 0 Å². The summed E-state index contributed by atoms with van der Waals surface area (Å²) in [7, 11) is 0. The lowest BCUT2D eigenvalue weighted by atomic mass is 10.1. The first-order chi connectivity index (χ1) is 15.5. The Morgan fingerprint density at radius 3 is 2.28 bits per heavy atom. The van der Waals surface area contributed by atoms with Crippen molar-refractivity contribution in [3.05, 3.63) is 64.2 Å². The molecular weight excluding hydrogens is 410 g/mol. The van der Waals surface area contributed by atoms with Gasteiger partial charge in [-0.1, -0.05) is 18.2 Å². The minimum Gasteiger partial charge on any atom is -0.371 e. The molecular formula is C23H27N5O4. The molecule has 2 aliphatic heterocycles. The second kappa shape index (κ2) is 9.78. The Kier molecular flexibility index (Phi) is 6.65. The van der Waals surface area contributed by atoms with E-state index in [0.717, 1.165) is 37.3 Å². The summed E-state index contributed by atoms with van der Waals surface area (Å²) in [4.78, 5) is 42.3. The first kappa shape index (κ1) is 21.8. The topological polar surface area (TPSA) is 99.0 Å². The van der Waals surface area contributed by atoms with Gasteiger partial charge in [-0.15, -0.1) is 0 Å². The number of non-ortho nitro benzene ring substituents is 1. The highest BCUT2D eigenvalue weighted by atomic mass is 16.6. The Bertz CT molecular complexity index is 983. The number of anilines is 2. The van der Waals surface area contributed by atoms with E-state index < -0.39 is 4.92 Å². The maximum Gasteiger partial charge on any atom is 0.270 e. The van der Waals surface area contributed by atoms with Gasteiger partial charge in [-0.3, -0.25) is 24.6 Å². The van der Waals surface area contributed by atoms with E-state index in [0.29, 0.717) is 31.7 Å². The number of carbonyl (C=O) groups excluding carboxylic acids is 2. The average molecular weight is 438 g/mol. The molecule has 4 rings (SSSR count). The molecule has 0 spiro atoms. The summed E-state index contributed by atoms with van der Waals surface area (Å²) in [6, 6.07) is 13.9. The molecule has 2 aromatic carbocycles. The highest BCUT2D eigenvalue weighted by Gasteiger charge is 2.28. The number of nitrogens with one attached hydrogen (secondary N) is 1. The minimum atomic E-state index is -0.464. The molecule has 32 heavy (non-hydrogen) atoms. The van der Waals surface area contributed by atoms with Gasteiger partial charge in [0.25, 0.3) is 11.6 Å². The number of nitro benzene ring substituents is 1. The Balaban J connectivity index is 1.39. The zero-order valence-corrected chi connectivity index (χ0v) is 17.9. The Morgan fingerprint density at radius 1 is 0.938 bits per heavy atom. The summed E-state index contributed by atoms with van der Waals surface area (Å²) in [5.41, 5.74) is 1.83. The van der Waals surface area contributed by atoms with Crippen LogP contribution in [0.4, 0.5) is 17.1 Å². The highest BCUT2D eigenvalue weighted by molar-refractivity contribution is 6.00. The number of benzene rings is 2. The van der Waals surface area contributed by atoms with Crippen molar-refractivity contribution >= 4 is 28.9 Å². The molecule has 168 valence electrons. The van der Waals surface area contributed by atoms with Crippen LogP contribution < -0.4 is 10.2 Å². The highest BCUT2D eigenvalue weighted by Crippen LogP contribution is 2.29. The number of hydrogen-bond acceptors (Lipinski definition) is 6. The third-order valence-corrected chi connectivity index (χ3v) is 5.95. The lowest BCUT2D eigenvalue weighted by Gasteiger charge is -2.35. The molecule has 2 heterocycles. The second-order valence-corrected chi connectivity index (χ2v) is 8.14. The number of hydrogen-bond donors (Lipinski definition) is 1. The number of nitro groups is 1. The van der Waals surface area contributed by atoms with Crippen LogP contribution in [0.3, 0.4) is 0 Å². The predicted molar refractivity (Wildman–Crippen MR) is 122 cm³/mol. The zero-order valence-electron chi connectivity index (χ0n) is 17.9. The van der Waals surface area contributed by atoms with E-state index in [9.17, 15) is 19.7 Å². The molecule has 0 radical (unpaired) electrons. The van der Waals surface area contributed by atoms with E-state index in [-0.39, 0.29) is 24.0 Å². The normalized spacial score (nSPS) is 16.8. The molecule has 0 aliphatic carbocycles. The maximum atomic E-state index is 13.3. The van der Waals surface area contributed by atoms with E-state index >= 15 is 0 Å². The molecule has 0 unspecified atom stereocenters. The Morgan fingerprint density at radius 2 is 1.62 bits per heavy atom. The first-order valence-corrected chi connectivity index (χ1v) is 10.9. The van der Waals surface area contributed by atoms with E-state index in [4.69, 9.17) is 0 Å². The summed E-state index contributed by atoms with van der Waals surface area (Å²) in [6.07, 6.45) is 2.10. The minimum absolute atomic E-state index is 0.0764. The average Bonchev–Trinajstić information content (AvgIpc) is 3.34. The van der Waals surface area contributed by atoms with Crippen LogP contribution in [-0.4, -0.2) is 72.4 Å². The third kappa shape index (κ3) is 5.05.